The second-order valence-electron chi connectivity index (χ2n) is 6.64. The first kappa shape index (κ1) is 17.8. The summed E-state index contributed by atoms with van der Waals surface area (Å²) in [5.74, 6) is 0. The zero-order valence-electron chi connectivity index (χ0n) is 15.3. The molecule has 0 fully saturated rings. The van der Waals surface area contributed by atoms with Crippen LogP contribution in [0.1, 0.15) is 5.56 Å². The van der Waals surface area contributed by atoms with Crippen molar-refractivity contribution in [3.63, 3.8) is 0 Å². The van der Waals surface area contributed by atoms with Gasteiger partial charge in [-0.1, -0.05) is 11.6 Å². The Labute approximate surface area is 172 Å². The van der Waals surface area contributed by atoms with Crippen LogP contribution in [0.2, 0.25) is 5.15 Å². The monoisotopic (exact) mass is 424 g/mol. The quantitative estimate of drug-likeness (QED) is 0.439. The van der Waals surface area contributed by atoms with Gasteiger partial charge < -0.3 is 4.98 Å². The Hall–Kier alpha value is -3.30. The number of rotatable bonds is 2. The number of pyridine rings is 2. The number of nitrogens with zero attached hydrogens (tertiary/aromatic N) is 5. The topological polar surface area (TPSA) is 98.5 Å². The van der Waals surface area contributed by atoms with Gasteiger partial charge in [0.15, 0.2) is 0 Å². The Morgan fingerprint density at radius 3 is 2.79 bits per heavy atom. The predicted molar refractivity (Wildman–Crippen MR) is 113 cm³/mol. The van der Waals surface area contributed by atoms with Crippen molar-refractivity contribution in [1.29, 1.82) is 0 Å². The molecule has 0 amide bonds. The van der Waals surface area contributed by atoms with Crippen molar-refractivity contribution < 1.29 is 0 Å². The number of thiophene rings is 1. The number of nitrogens with one attached hydrogen (secondary N) is 1. The number of aromatic nitrogens is 6. The molecule has 0 saturated heterocycles. The first-order chi connectivity index (χ1) is 13.9. The summed E-state index contributed by atoms with van der Waals surface area (Å²) in [7, 11) is 1.75. The summed E-state index contributed by atoms with van der Waals surface area (Å²) in [6.07, 6.45) is 6.44. The molecule has 5 aromatic rings. The maximum Gasteiger partial charge on any atom is 0.333 e. The molecule has 0 saturated carbocycles. The van der Waals surface area contributed by atoms with Crippen molar-refractivity contribution in [3.8, 4) is 16.1 Å². The fourth-order valence-electron chi connectivity index (χ4n) is 3.36. The average molecular weight is 425 g/mol. The summed E-state index contributed by atoms with van der Waals surface area (Å²) in [6, 6.07) is 3.65. The van der Waals surface area contributed by atoms with E-state index in [1.54, 1.807) is 36.4 Å². The van der Waals surface area contributed by atoms with Crippen molar-refractivity contribution in [2.75, 3.05) is 0 Å². The third-order valence-electron chi connectivity index (χ3n) is 4.68. The molecule has 29 heavy (non-hydrogen) atoms. The Balaban J connectivity index is 1.81. The molecule has 1 N–H and O–H groups in total. The minimum absolute atomic E-state index is 0.341. The van der Waals surface area contributed by atoms with Crippen molar-refractivity contribution in [2.45, 2.75) is 6.92 Å². The zero-order chi connectivity index (χ0) is 20.3. The molecular formula is C19H13ClN6O2S. The molecule has 0 bridgehead atoms. The summed E-state index contributed by atoms with van der Waals surface area (Å²) in [6.45, 7) is 1.91. The largest absolute Gasteiger partial charge is 0.333 e. The lowest BCUT2D eigenvalue weighted by Crippen LogP contribution is -2.33. The lowest BCUT2D eigenvalue weighted by Gasteiger charge is -2.06. The zero-order valence-corrected chi connectivity index (χ0v) is 16.9. The molecule has 5 rings (SSSR count). The summed E-state index contributed by atoms with van der Waals surface area (Å²) in [4.78, 5) is 38.0. The van der Waals surface area contributed by atoms with E-state index in [2.05, 4.69) is 20.1 Å². The average Bonchev–Trinajstić information content (AvgIpc) is 3.28. The number of halogens is 1. The molecular weight excluding hydrogens is 412 g/mol. The van der Waals surface area contributed by atoms with E-state index in [0.717, 1.165) is 26.0 Å². The van der Waals surface area contributed by atoms with Crippen LogP contribution in [0.25, 0.3) is 37.2 Å². The second-order valence-corrected chi connectivity index (χ2v) is 8.05. The molecule has 0 aliphatic carbocycles. The van der Waals surface area contributed by atoms with Crippen LogP contribution in [0, 0.1) is 6.92 Å². The van der Waals surface area contributed by atoms with Crippen LogP contribution in [0.15, 0.2) is 46.5 Å². The standard InChI is InChI=1S/C19H13ClN6O2S/c1-9-3-11(17(20)22-5-9)14-4-12-16(29-14)18(27)26(19(28)24-12)13-8-21-6-10-7-23-25(2)15(10)13/h3-8H,1-2H3,(H,24,28). The summed E-state index contributed by atoms with van der Waals surface area (Å²) < 4.78 is 3.12. The minimum atomic E-state index is -0.546. The molecule has 0 aliphatic rings. The van der Waals surface area contributed by atoms with Crippen LogP contribution in [-0.4, -0.2) is 29.3 Å². The smallest absolute Gasteiger partial charge is 0.306 e. The van der Waals surface area contributed by atoms with Crippen LogP contribution in [-0.2, 0) is 7.05 Å². The molecule has 10 heteroatoms. The lowest BCUT2D eigenvalue weighted by molar-refractivity contribution is 0.788. The molecule has 0 aliphatic heterocycles. The summed E-state index contributed by atoms with van der Waals surface area (Å²) >= 11 is 7.51. The molecule has 8 nitrogen and oxygen atoms in total. The van der Waals surface area contributed by atoms with Crippen LogP contribution < -0.4 is 11.2 Å². The third-order valence-corrected chi connectivity index (χ3v) is 6.13. The predicted octanol–water partition coefficient (Wildman–Crippen LogP) is 3.05. The molecule has 144 valence electrons. The van der Waals surface area contributed by atoms with E-state index in [1.165, 1.54) is 17.5 Å². The van der Waals surface area contributed by atoms with Gasteiger partial charge in [0, 0.05) is 35.3 Å². The van der Waals surface area contributed by atoms with E-state index in [4.69, 9.17) is 11.6 Å². The number of hydrogen-bond acceptors (Lipinski definition) is 6. The van der Waals surface area contributed by atoms with Gasteiger partial charge in [-0.2, -0.15) is 5.10 Å². The second kappa shape index (κ2) is 6.36. The maximum atomic E-state index is 13.3. The van der Waals surface area contributed by atoms with Gasteiger partial charge in [-0.3, -0.25) is 14.5 Å². The number of hydrogen-bond donors (Lipinski definition) is 1. The SMILES string of the molecule is Cc1cnc(Cl)c(-c2cc3[nH]c(=O)n(-c4cncc5cnn(C)c45)c(=O)c3s2)c1. The molecule has 5 aromatic heterocycles. The highest BCUT2D eigenvalue weighted by molar-refractivity contribution is 7.22. The molecule has 0 radical (unpaired) electrons. The Morgan fingerprint density at radius 2 is 1.97 bits per heavy atom. The fraction of sp³-hybridized carbons (Fsp3) is 0.105. The Kier molecular flexibility index (Phi) is 3.90. The van der Waals surface area contributed by atoms with Gasteiger partial charge in [0.25, 0.3) is 5.56 Å². The van der Waals surface area contributed by atoms with Crippen LogP contribution in [0.4, 0.5) is 0 Å². The first-order valence-corrected chi connectivity index (χ1v) is 9.81. The fourth-order valence-corrected chi connectivity index (χ4v) is 4.68. The number of aryl methyl sites for hydroxylation is 2. The normalized spacial score (nSPS) is 11.6. The number of aromatic amines is 1. The maximum absolute atomic E-state index is 13.3. The van der Waals surface area contributed by atoms with Gasteiger partial charge in [0.1, 0.15) is 9.85 Å². The highest BCUT2D eigenvalue weighted by Gasteiger charge is 2.18. The minimum Gasteiger partial charge on any atom is -0.306 e. The van der Waals surface area contributed by atoms with E-state index in [9.17, 15) is 9.59 Å². The molecule has 0 aromatic carbocycles. The van der Waals surface area contributed by atoms with E-state index in [-0.39, 0.29) is 0 Å². The summed E-state index contributed by atoms with van der Waals surface area (Å²) in [5.41, 5.74) is 2.18. The molecule has 0 spiro atoms. The van der Waals surface area contributed by atoms with Crippen molar-refractivity contribution in [1.82, 2.24) is 29.3 Å². The van der Waals surface area contributed by atoms with Gasteiger partial charge >= 0.3 is 5.69 Å². The van der Waals surface area contributed by atoms with Gasteiger partial charge in [-0.05, 0) is 24.6 Å². The van der Waals surface area contributed by atoms with Gasteiger partial charge in [0.2, 0.25) is 0 Å². The van der Waals surface area contributed by atoms with E-state index >= 15 is 0 Å². The third kappa shape index (κ3) is 2.70. The Bertz CT molecular complexity index is 1540. The first-order valence-electron chi connectivity index (χ1n) is 8.61. The highest BCUT2D eigenvalue weighted by atomic mass is 35.5. The van der Waals surface area contributed by atoms with Gasteiger partial charge in [-0.15, -0.1) is 11.3 Å². The van der Waals surface area contributed by atoms with Crippen LogP contribution in [0.5, 0.6) is 0 Å². The highest BCUT2D eigenvalue weighted by Crippen LogP contribution is 2.34. The molecule has 0 unspecified atom stereocenters. The van der Waals surface area contributed by atoms with Crippen LogP contribution in [0.3, 0.4) is 0 Å². The molecule has 0 atom stereocenters. The Morgan fingerprint density at radius 1 is 1.14 bits per heavy atom. The van der Waals surface area contributed by atoms with E-state index in [0.29, 0.717) is 26.6 Å². The van der Waals surface area contributed by atoms with Crippen molar-refractivity contribution in [2.24, 2.45) is 7.05 Å². The molecule has 5 heterocycles. The van der Waals surface area contributed by atoms with Gasteiger partial charge in [0.05, 0.1) is 29.1 Å². The van der Waals surface area contributed by atoms with Gasteiger partial charge in [-0.25, -0.2) is 14.3 Å². The van der Waals surface area contributed by atoms with Crippen LogP contribution >= 0.6 is 22.9 Å². The lowest BCUT2D eigenvalue weighted by atomic mass is 10.2. The summed E-state index contributed by atoms with van der Waals surface area (Å²) in [5, 5.41) is 5.27. The van der Waals surface area contributed by atoms with Crippen molar-refractivity contribution in [3.05, 3.63) is 68.5 Å². The number of H-pyrrole nitrogens is 1. The van der Waals surface area contributed by atoms with E-state index < -0.39 is 11.2 Å². The van der Waals surface area contributed by atoms with E-state index in [1.807, 2.05) is 13.0 Å². The number of fused-ring (bicyclic) bond motifs is 2. The van der Waals surface area contributed by atoms with Crippen molar-refractivity contribution >= 4 is 44.1 Å².